The Morgan fingerprint density at radius 1 is 0.424 bits per heavy atom. The third-order valence-electron chi connectivity index (χ3n) is 12.2. The van der Waals surface area contributed by atoms with Gasteiger partial charge in [0.05, 0.1) is 18.8 Å². The van der Waals surface area contributed by atoms with Crippen molar-refractivity contribution in [2.24, 2.45) is 0 Å². The van der Waals surface area contributed by atoms with E-state index in [1.807, 2.05) is 0 Å². The van der Waals surface area contributed by atoms with Crippen molar-refractivity contribution in [1.29, 1.82) is 0 Å². The number of nitrogens with one attached hydrogen (secondary N) is 1. The Balaban J connectivity index is 3.61. The van der Waals surface area contributed by atoms with Crippen LogP contribution in [0.1, 0.15) is 277 Å². The molecule has 0 aromatic heterocycles. The molecule has 59 heavy (non-hydrogen) atoms. The predicted octanol–water partition coefficient (Wildman–Crippen LogP) is 15.9. The maximum Gasteiger partial charge on any atom is 0.220 e. The van der Waals surface area contributed by atoms with E-state index in [9.17, 15) is 20.1 Å². The fraction of sp³-hybridized carbons (Fsp3) is 0.870. The molecule has 0 bridgehead atoms. The van der Waals surface area contributed by atoms with Crippen LogP contribution in [0.3, 0.4) is 0 Å². The van der Waals surface area contributed by atoms with Crippen LogP contribution in [0, 0.1) is 0 Å². The summed E-state index contributed by atoms with van der Waals surface area (Å²) in [5.74, 6) is -0.156. The smallest absolute Gasteiger partial charge is 0.220 e. The first-order valence-electron chi connectivity index (χ1n) is 26.3. The van der Waals surface area contributed by atoms with E-state index in [-0.39, 0.29) is 12.5 Å². The summed E-state index contributed by atoms with van der Waals surface area (Å²) in [6.45, 7) is 4.19. The zero-order valence-corrected chi connectivity index (χ0v) is 39.6. The zero-order valence-electron chi connectivity index (χ0n) is 39.6. The maximum absolute atomic E-state index is 12.5. The number of carbonyl (C=O) groups is 1. The van der Waals surface area contributed by atoms with Crippen LogP contribution in [0.2, 0.25) is 0 Å². The van der Waals surface area contributed by atoms with Gasteiger partial charge >= 0.3 is 0 Å². The van der Waals surface area contributed by atoms with Crippen molar-refractivity contribution in [3.05, 3.63) is 36.5 Å². The highest BCUT2D eigenvalue weighted by Gasteiger charge is 2.26. The Morgan fingerprint density at radius 2 is 0.729 bits per heavy atom. The molecule has 0 fully saturated rings. The molecule has 4 N–H and O–H groups in total. The Bertz CT molecular complexity index is 916. The van der Waals surface area contributed by atoms with Crippen molar-refractivity contribution >= 4 is 5.91 Å². The van der Waals surface area contributed by atoms with Gasteiger partial charge in [-0.05, 0) is 70.6 Å². The Kier molecular flexibility index (Phi) is 48.0. The minimum Gasteiger partial charge on any atom is -0.394 e. The number of unbranched alkanes of at least 4 members (excludes halogenated alkanes) is 34. The molecule has 5 nitrogen and oxygen atoms in total. The van der Waals surface area contributed by atoms with Gasteiger partial charge in [-0.3, -0.25) is 4.79 Å². The molecule has 0 aliphatic heterocycles. The maximum atomic E-state index is 12.5. The number of rotatable bonds is 48. The van der Waals surface area contributed by atoms with E-state index in [1.54, 1.807) is 0 Å². The first-order chi connectivity index (χ1) is 29.1. The summed E-state index contributed by atoms with van der Waals surface area (Å²) in [4.78, 5) is 12.5. The molecular formula is C54H103NO4. The number of hydrogen-bond donors (Lipinski definition) is 4. The topological polar surface area (TPSA) is 89.8 Å². The van der Waals surface area contributed by atoms with E-state index in [0.29, 0.717) is 12.8 Å². The summed E-state index contributed by atoms with van der Waals surface area (Å²) in [6.07, 6.45) is 62.8. The Morgan fingerprint density at radius 3 is 1.08 bits per heavy atom. The van der Waals surface area contributed by atoms with Gasteiger partial charge < -0.3 is 20.6 Å². The minimum atomic E-state index is -1.16. The fourth-order valence-electron chi connectivity index (χ4n) is 8.14. The van der Waals surface area contributed by atoms with Gasteiger partial charge in [0.2, 0.25) is 5.91 Å². The number of allylic oxidation sites excluding steroid dienone is 6. The second-order valence-electron chi connectivity index (χ2n) is 18.1. The first kappa shape index (κ1) is 57.6. The van der Waals surface area contributed by atoms with Gasteiger partial charge in [0.15, 0.2) is 0 Å². The summed E-state index contributed by atoms with van der Waals surface area (Å²) >= 11 is 0. The summed E-state index contributed by atoms with van der Waals surface area (Å²) in [5, 5.41) is 33.7. The van der Waals surface area contributed by atoms with Crippen LogP contribution in [0.5, 0.6) is 0 Å². The van der Waals surface area contributed by atoms with E-state index >= 15 is 0 Å². The standard InChI is InChI=1S/C54H103NO4/c1-3-5-7-9-11-13-15-17-19-21-23-25-26-27-28-29-31-33-35-37-39-41-43-45-47-49-53(58)55-51(50-56)54(59)52(57)48-46-44-42-40-38-36-34-32-30-24-22-20-18-16-14-12-10-8-6-4-2/h23,25,27-28,40,42,51-52,54,56-57,59H,3-22,24,26,29-39,41,43-50H2,1-2H3,(H,55,58)/b25-23-,28-27-,42-40+. The summed E-state index contributed by atoms with van der Waals surface area (Å²) in [5.41, 5.74) is 0. The zero-order chi connectivity index (χ0) is 43.0. The largest absolute Gasteiger partial charge is 0.394 e. The number of carbonyl (C=O) groups excluding carboxylic acids is 1. The molecule has 5 heteroatoms. The van der Waals surface area contributed by atoms with Gasteiger partial charge in [-0.15, -0.1) is 0 Å². The summed E-state index contributed by atoms with van der Waals surface area (Å²) in [7, 11) is 0. The molecule has 0 aromatic rings. The third kappa shape index (κ3) is 44.4. The van der Waals surface area contributed by atoms with Gasteiger partial charge in [0.1, 0.15) is 6.10 Å². The van der Waals surface area contributed by atoms with Crippen LogP contribution in [0.4, 0.5) is 0 Å². The normalized spacial score (nSPS) is 13.6. The molecule has 1 amide bonds. The highest BCUT2D eigenvalue weighted by atomic mass is 16.3. The lowest BCUT2D eigenvalue weighted by Crippen LogP contribution is -2.50. The minimum absolute atomic E-state index is 0.156. The molecule has 0 aliphatic rings. The lowest BCUT2D eigenvalue weighted by molar-refractivity contribution is -0.124. The number of aliphatic hydroxyl groups excluding tert-OH is 3. The molecule has 0 rings (SSSR count). The summed E-state index contributed by atoms with van der Waals surface area (Å²) < 4.78 is 0. The van der Waals surface area contributed by atoms with E-state index in [4.69, 9.17) is 0 Å². The predicted molar refractivity (Wildman–Crippen MR) is 259 cm³/mol. The number of amides is 1. The lowest BCUT2D eigenvalue weighted by atomic mass is 10.0. The molecule has 0 saturated heterocycles. The Hall–Kier alpha value is -1.43. The number of hydrogen-bond acceptors (Lipinski definition) is 4. The van der Waals surface area contributed by atoms with Crippen LogP contribution in [0.15, 0.2) is 36.5 Å². The average molecular weight is 830 g/mol. The highest BCUT2D eigenvalue weighted by Crippen LogP contribution is 2.16. The van der Waals surface area contributed by atoms with Crippen molar-refractivity contribution < 1.29 is 20.1 Å². The molecule has 0 spiro atoms. The van der Waals surface area contributed by atoms with Crippen molar-refractivity contribution in [2.45, 2.75) is 295 Å². The lowest BCUT2D eigenvalue weighted by Gasteiger charge is -2.26. The van der Waals surface area contributed by atoms with Gasteiger partial charge in [-0.1, -0.05) is 237 Å². The molecule has 0 heterocycles. The number of aliphatic hydroxyl groups is 3. The SMILES string of the molecule is CCCCCCCCCCC/C=C\C/C=C\CCCCCCCCCCCC(=O)NC(CO)C(O)C(O)CCC/C=C/CCCCCCCCCCCCCCCCC. The van der Waals surface area contributed by atoms with Crippen LogP contribution in [-0.4, -0.2) is 46.1 Å². The van der Waals surface area contributed by atoms with Crippen molar-refractivity contribution in [2.75, 3.05) is 6.61 Å². The molecule has 3 unspecified atom stereocenters. The molecular weight excluding hydrogens is 727 g/mol. The molecule has 0 aromatic carbocycles. The quantitative estimate of drug-likeness (QED) is 0.0363. The van der Waals surface area contributed by atoms with Crippen molar-refractivity contribution in [3.63, 3.8) is 0 Å². The van der Waals surface area contributed by atoms with E-state index in [2.05, 4.69) is 55.6 Å². The van der Waals surface area contributed by atoms with Crippen LogP contribution in [-0.2, 0) is 4.79 Å². The van der Waals surface area contributed by atoms with Gasteiger partial charge in [0, 0.05) is 6.42 Å². The van der Waals surface area contributed by atoms with Crippen LogP contribution < -0.4 is 5.32 Å². The molecule has 3 atom stereocenters. The molecule has 0 saturated carbocycles. The molecule has 0 aliphatic carbocycles. The Labute approximate surface area is 368 Å². The van der Waals surface area contributed by atoms with Crippen LogP contribution in [0.25, 0.3) is 0 Å². The van der Waals surface area contributed by atoms with Gasteiger partial charge in [-0.25, -0.2) is 0 Å². The second-order valence-corrected chi connectivity index (χ2v) is 18.1. The van der Waals surface area contributed by atoms with Crippen molar-refractivity contribution in [1.82, 2.24) is 5.32 Å². The third-order valence-corrected chi connectivity index (χ3v) is 12.2. The highest BCUT2D eigenvalue weighted by molar-refractivity contribution is 5.76. The van der Waals surface area contributed by atoms with Gasteiger partial charge in [-0.2, -0.15) is 0 Å². The monoisotopic (exact) mass is 830 g/mol. The van der Waals surface area contributed by atoms with Gasteiger partial charge in [0.25, 0.3) is 0 Å². The van der Waals surface area contributed by atoms with Crippen LogP contribution >= 0.6 is 0 Å². The van der Waals surface area contributed by atoms with E-state index in [0.717, 1.165) is 44.9 Å². The van der Waals surface area contributed by atoms with Crippen molar-refractivity contribution in [3.8, 4) is 0 Å². The van der Waals surface area contributed by atoms with E-state index in [1.165, 1.54) is 205 Å². The average Bonchev–Trinajstić information content (AvgIpc) is 3.24. The second kappa shape index (κ2) is 49.2. The molecule has 348 valence electrons. The summed E-state index contributed by atoms with van der Waals surface area (Å²) in [6, 6.07) is -0.829. The first-order valence-corrected chi connectivity index (χ1v) is 26.3. The fourth-order valence-corrected chi connectivity index (χ4v) is 8.14. The van der Waals surface area contributed by atoms with E-state index < -0.39 is 18.2 Å². The molecule has 0 radical (unpaired) electrons.